The Labute approximate surface area is 86.3 Å². The van der Waals surface area contributed by atoms with Gasteiger partial charge in [0.2, 0.25) is 0 Å². The quantitative estimate of drug-likeness (QED) is 0.645. The zero-order chi connectivity index (χ0) is 9.80. The van der Waals surface area contributed by atoms with E-state index in [0.29, 0.717) is 6.10 Å². The third-order valence-electron chi connectivity index (χ3n) is 2.98. The van der Waals surface area contributed by atoms with E-state index < -0.39 is 0 Å². The van der Waals surface area contributed by atoms with Crippen LogP contribution >= 0.6 is 0 Å². The molecule has 0 N–H and O–H groups in total. The highest BCUT2D eigenvalue weighted by Crippen LogP contribution is 2.29. The largest absolute Gasteiger partial charge is 0.481 e. The van der Waals surface area contributed by atoms with Gasteiger partial charge >= 0.3 is 0 Å². The lowest BCUT2D eigenvalue weighted by Crippen LogP contribution is -2.18. The molecule has 0 radical (unpaired) electrons. The molecule has 2 heteroatoms. The second-order valence-corrected chi connectivity index (χ2v) is 4.21. The number of rotatable bonds is 4. The first-order valence-electron chi connectivity index (χ1n) is 5.88. The molecular formula is C12H20O2. The first-order chi connectivity index (χ1) is 6.90. The van der Waals surface area contributed by atoms with Gasteiger partial charge in [-0.2, -0.15) is 0 Å². The fraction of sp³-hybridized carbons (Fsp3) is 0.833. The van der Waals surface area contributed by atoms with E-state index in [-0.39, 0.29) is 6.10 Å². The zero-order valence-corrected chi connectivity index (χ0v) is 9.00. The monoisotopic (exact) mass is 196 g/mol. The molecule has 2 rings (SSSR count). The van der Waals surface area contributed by atoms with E-state index in [0.717, 1.165) is 18.8 Å². The van der Waals surface area contributed by atoms with Crippen molar-refractivity contribution in [2.75, 3.05) is 6.61 Å². The number of epoxide rings is 1. The minimum Gasteiger partial charge on any atom is -0.481 e. The fourth-order valence-corrected chi connectivity index (χ4v) is 2.08. The SMILES string of the molecule is CCC=C1OC1COC1CCCCC1. The van der Waals surface area contributed by atoms with Crippen LogP contribution in [-0.2, 0) is 9.47 Å². The van der Waals surface area contributed by atoms with E-state index in [1.54, 1.807) is 0 Å². The van der Waals surface area contributed by atoms with Crippen LogP contribution in [0.1, 0.15) is 45.4 Å². The first-order valence-corrected chi connectivity index (χ1v) is 5.88. The van der Waals surface area contributed by atoms with Crippen LogP contribution < -0.4 is 0 Å². The maximum Gasteiger partial charge on any atom is 0.178 e. The van der Waals surface area contributed by atoms with E-state index in [1.165, 1.54) is 32.1 Å². The predicted molar refractivity (Wildman–Crippen MR) is 56.1 cm³/mol. The first kappa shape index (κ1) is 10.0. The molecule has 0 aromatic carbocycles. The van der Waals surface area contributed by atoms with Crippen molar-refractivity contribution in [2.24, 2.45) is 0 Å². The summed E-state index contributed by atoms with van der Waals surface area (Å²) in [4.78, 5) is 0. The smallest absolute Gasteiger partial charge is 0.178 e. The maximum absolute atomic E-state index is 5.82. The molecule has 0 aromatic heterocycles. The standard InChI is InChI=1S/C12H20O2/c1-2-6-11-12(14-11)9-13-10-7-4-3-5-8-10/h6,10,12H,2-5,7-9H2,1H3. The Bertz CT molecular complexity index is 204. The Balaban J connectivity index is 1.61. The van der Waals surface area contributed by atoms with Crippen molar-refractivity contribution in [3.63, 3.8) is 0 Å². The minimum absolute atomic E-state index is 0.289. The van der Waals surface area contributed by atoms with Crippen LogP contribution in [0.2, 0.25) is 0 Å². The third kappa shape index (κ3) is 2.74. The highest BCUT2D eigenvalue weighted by Gasteiger charge is 2.33. The lowest BCUT2D eigenvalue weighted by atomic mass is 9.98. The number of hydrogen-bond donors (Lipinski definition) is 0. The van der Waals surface area contributed by atoms with Crippen LogP contribution in [0.25, 0.3) is 0 Å². The zero-order valence-electron chi connectivity index (χ0n) is 9.00. The normalized spacial score (nSPS) is 30.4. The molecule has 2 nitrogen and oxygen atoms in total. The van der Waals surface area contributed by atoms with Gasteiger partial charge < -0.3 is 9.47 Å². The molecule has 1 atom stereocenters. The van der Waals surface area contributed by atoms with Crippen LogP contribution in [0.3, 0.4) is 0 Å². The summed E-state index contributed by atoms with van der Waals surface area (Å²) in [6.45, 7) is 2.91. The summed E-state index contributed by atoms with van der Waals surface area (Å²) >= 11 is 0. The fourth-order valence-electron chi connectivity index (χ4n) is 2.08. The summed E-state index contributed by atoms with van der Waals surface area (Å²) in [5.41, 5.74) is 0. The van der Waals surface area contributed by atoms with Crippen molar-refractivity contribution in [1.82, 2.24) is 0 Å². The minimum atomic E-state index is 0.289. The Morgan fingerprint density at radius 2 is 2.14 bits per heavy atom. The molecule has 14 heavy (non-hydrogen) atoms. The molecule has 0 bridgehead atoms. The molecule has 2 aliphatic rings. The lowest BCUT2D eigenvalue weighted by molar-refractivity contribution is 0.0199. The molecule has 1 saturated heterocycles. The summed E-state index contributed by atoms with van der Waals surface area (Å²) in [5, 5.41) is 0. The van der Waals surface area contributed by atoms with Crippen LogP contribution in [0, 0.1) is 0 Å². The molecule has 0 amide bonds. The Hall–Kier alpha value is -0.500. The van der Waals surface area contributed by atoms with E-state index in [1.807, 2.05) is 0 Å². The molecule has 1 heterocycles. The average molecular weight is 196 g/mol. The molecular weight excluding hydrogens is 176 g/mol. The highest BCUT2D eigenvalue weighted by atomic mass is 16.6. The predicted octanol–water partition coefficient (Wildman–Crippen LogP) is 3.03. The molecule has 0 spiro atoms. The van der Waals surface area contributed by atoms with Crippen LogP contribution in [-0.4, -0.2) is 18.8 Å². The number of allylic oxidation sites excluding steroid dienone is 1. The number of hydrogen-bond acceptors (Lipinski definition) is 2. The van der Waals surface area contributed by atoms with Crippen molar-refractivity contribution in [1.29, 1.82) is 0 Å². The van der Waals surface area contributed by atoms with Crippen LogP contribution in [0.4, 0.5) is 0 Å². The second kappa shape index (κ2) is 4.83. The van der Waals surface area contributed by atoms with E-state index in [4.69, 9.17) is 9.47 Å². The lowest BCUT2D eigenvalue weighted by Gasteiger charge is -2.21. The topological polar surface area (TPSA) is 21.8 Å². The highest BCUT2D eigenvalue weighted by molar-refractivity contribution is 5.13. The van der Waals surface area contributed by atoms with Crippen molar-refractivity contribution in [2.45, 2.75) is 57.7 Å². The average Bonchev–Trinajstić information content (AvgIpc) is 2.96. The van der Waals surface area contributed by atoms with Crippen molar-refractivity contribution in [3.05, 3.63) is 11.8 Å². The number of ether oxygens (including phenoxy) is 2. The Kier molecular flexibility index (Phi) is 3.46. The van der Waals surface area contributed by atoms with Gasteiger partial charge in [-0.25, -0.2) is 0 Å². The molecule has 1 unspecified atom stereocenters. The molecule has 0 aromatic rings. The molecule has 1 aliphatic carbocycles. The van der Waals surface area contributed by atoms with Crippen LogP contribution in [0.5, 0.6) is 0 Å². The van der Waals surface area contributed by atoms with E-state index in [9.17, 15) is 0 Å². The Morgan fingerprint density at radius 1 is 1.36 bits per heavy atom. The molecule has 2 fully saturated rings. The van der Waals surface area contributed by atoms with Gasteiger partial charge in [-0.05, 0) is 25.3 Å². The molecule has 1 aliphatic heterocycles. The molecule has 1 saturated carbocycles. The van der Waals surface area contributed by atoms with E-state index >= 15 is 0 Å². The van der Waals surface area contributed by atoms with Gasteiger partial charge in [-0.15, -0.1) is 0 Å². The molecule has 80 valence electrons. The summed E-state index contributed by atoms with van der Waals surface area (Å²) < 4.78 is 11.2. The van der Waals surface area contributed by atoms with E-state index in [2.05, 4.69) is 13.0 Å². The Morgan fingerprint density at radius 3 is 2.86 bits per heavy atom. The summed E-state index contributed by atoms with van der Waals surface area (Å²) in [6, 6.07) is 0. The van der Waals surface area contributed by atoms with Gasteiger partial charge in [0.15, 0.2) is 6.10 Å². The van der Waals surface area contributed by atoms with Gasteiger partial charge in [0, 0.05) is 0 Å². The third-order valence-corrected chi connectivity index (χ3v) is 2.98. The van der Waals surface area contributed by atoms with Gasteiger partial charge in [-0.3, -0.25) is 0 Å². The van der Waals surface area contributed by atoms with Crippen molar-refractivity contribution < 1.29 is 9.47 Å². The summed E-state index contributed by atoms with van der Waals surface area (Å²) in [5.74, 6) is 1.14. The summed E-state index contributed by atoms with van der Waals surface area (Å²) in [6.07, 6.45) is 10.6. The van der Waals surface area contributed by atoms with Gasteiger partial charge in [0.05, 0.1) is 12.7 Å². The van der Waals surface area contributed by atoms with Crippen molar-refractivity contribution >= 4 is 0 Å². The van der Waals surface area contributed by atoms with Crippen LogP contribution in [0.15, 0.2) is 11.8 Å². The van der Waals surface area contributed by atoms with Crippen molar-refractivity contribution in [3.8, 4) is 0 Å². The van der Waals surface area contributed by atoms with Gasteiger partial charge in [-0.1, -0.05) is 26.2 Å². The summed E-state index contributed by atoms with van der Waals surface area (Å²) in [7, 11) is 0. The van der Waals surface area contributed by atoms with Gasteiger partial charge in [0.25, 0.3) is 0 Å². The maximum atomic E-state index is 5.82. The second-order valence-electron chi connectivity index (χ2n) is 4.21. The van der Waals surface area contributed by atoms with Gasteiger partial charge in [0.1, 0.15) is 5.76 Å².